The van der Waals surface area contributed by atoms with E-state index in [1.54, 1.807) is 0 Å². The molecule has 0 aromatic carbocycles. The van der Waals surface area contributed by atoms with Gasteiger partial charge in [-0.15, -0.1) is 0 Å². The fourth-order valence-electron chi connectivity index (χ4n) is 2.06. The van der Waals surface area contributed by atoms with E-state index in [0.29, 0.717) is 25.4 Å². The largest absolute Gasteiger partial charge is 0.356 e. The Labute approximate surface area is 102 Å². The predicted octanol–water partition coefficient (Wildman–Crippen LogP) is -0.321. The second-order valence-electron chi connectivity index (χ2n) is 5.05. The highest BCUT2D eigenvalue weighted by Crippen LogP contribution is 2.18. The van der Waals surface area contributed by atoms with Crippen molar-refractivity contribution < 1.29 is 13.2 Å². The van der Waals surface area contributed by atoms with Gasteiger partial charge in [0.1, 0.15) is 0 Å². The van der Waals surface area contributed by atoms with Crippen LogP contribution in [0.3, 0.4) is 0 Å². The molecule has 1 amide bonds. The van der Waals surface area contributed by atoms with Gasteiger partial charge in [-0.3, -0.25) is 4.79 Å². The topological polar surface area (TPSA) is 75.3 Å². The van der Waals surface area contributed by atoms with Crippen LogP contribution in [-0.4, -0.2) is 45.0 Å². The number of amides is 1. The lowest BCUT2D eigenvalue weighted by Crippen LogP contribution is -2.32. The zero-order valence-corrected chi connectivity index (χ0v) is 10.8. The van der Waals surface area contributed by atoms with Crippen molar-refractivity contribution in [3.63, 3.8) is 0 Å². The van der Waals surface area contributed by atoms with E-state index in [-0.39, 0.29) is 23.3 Å². The first-order valence-corrected chi connectivity index (χ1v) is 8.08. The molecule has 5 nitrogen and oxygen atoms in total. The molecule has 0 spiro atoms. The van der Waals surface area contributed by atoms with Crippen LogP contribution < -0.4 is 10.6 Å². The van der Waals surface area contributed by atoms with E-state index < -0.39 is 9.84 Å². The smallest absolute Gasteiger partial charge is 0.221 e. The molecule has 2 N–H and O–H groups in total. The number of carbonyl (C=O) groups is 1. The van der Waals surface area contributed by atoms with Gasteiger partial charge < -0.3 is 10.6 Å². The molecule has 2 aliphatic rings. The highest BCUT2D eigenvalue weighted by molar-refractivity contribution is 7.91. The van der Waals surface area contributed by atoms with E-state index in [0.717, 1.165) is 6.54 Å². The third-order valence-electron chi connectivity index (χ3n) is 3.28. The van der Waals surface area contributed by atoms with Crippen LogP contribution in [0.5, 0.6) is 0 Å². The molecule has 1 heterocycles. The summed E-state index contributed by atoms with van der Waals surface area (Å²) in [4.78, 5) is 11.5. The highest BCUT2D eigenvalue weighted by atomic mass is 32.2. The first kappa shape index (κ1) is 12.8. The summed E-state index contributed by atoms with van der Waals surface area (Å²) < 4.78 is 22.4. The van der Waals surface area contributed by atoms with Gasteiger partial charge >= 0.3 is 0 Å². The van der Waals surface area contributed by atoms with Crippen molar-refractivity contribution in [3.05, 3.63) is 0 Å². The van der Waals surface area contributed by atoms with Gasteiger partial charge in [-0.1, -0.05) is 0 Å². The van der Waals surface area contributed by atoms with Crippen LogP contribution in [0, 0.1) is 5.92 Å². The van der Waals surface area contributed by atoms with Gasteiger partial charge in [0.05, 0.1) is 11.5 Å². The van der Waals surface area contributed by atoms with Crippen molar-refractivity contribution >= 4 is 15.7 Å². The lowest BCUT2D eigenvalue weighted by atomic mass is 10.1. The monoisotopic (exact) mass is 260 g/mol. The maximum atomic E-state index is 11.5. The average Bonchev–Trinajstić information content (AvgIpc) is 3.00. The van der Waals surface area contributed by atoms with Gasteiger partial charge in [0.15, 0.2) is 9.84 Å². The fourth-order valence-corrected chi connectivity index (χ4v) is 3.92. The summed E-state index contributed by atoms with van der Waals surface area (Å²) in [5.74, 6) is 0.632. The van der Waals surface area contributed by atoms with Crippen LogP contribution in [-0.2, 0) is 14.6 Å². The Hall–Kier alpha value is -0.620. The zero-order chi connectivity index (χ0) is 12.3. The number of hydrogen-bond acceptors (Lipinski definition) is 4. The van der Waals surface area contributed by atoms with Crippen LogP contribution in [0.25, 0.3) is 0 Å². The van der Waals surface area contributed by atoms with Crippen molar-refractivity contribution in [2.45, 2.75) is 31.7 Å². The van der Waals surface area contributed by atoms with Crippen molar-refractivity contribution in [2.24, 2.45) is 5.92 Å². The van der Waals surface area contributed by atoms with E-state index in [1.807, 2.05) is 0 Å². The number of hydrogen-bond donors (Lipinski definition) is 2. The normalized spacial score (nSPS) is 26.9. The first-order valence-electron chi connectivity index (χ1n) is 6.26. The fraction of sp³-hybridized carbons (Fsp3) is 0.909. The standard InChI is InChI=1S/C11H20N2O3S/c14-11(3-5-12-10-1-2-10)13-7-9-4-6-17(15,16)8-9/h9-10,12H,1-8H2,(H,13,14). The molecule has 2 rings (SSSR count). The number of sulfone groups is 1. The Bertz CT molecular complexity index is 376. The van der Waals surface area contributed by atoms with E-state index in [4.69, 9.17) is 0 Å². The molecule has 0 aromatic rings. The Kier molecular flexibility index (Phi) is 4.04. The Morgan fingerprint density at radius 3 is 2.59 bits per heavy atom. The average molecular weight is 260 g/mol. The summed E-state index contributed by atoms with van der Waals surface area (Å²) in [6.45, 7) is 1.22. The first-order chi connectivity index (χ1) is 8.05. The molecule has 1 saturated carbocycles. The van der Waals surface area contributed by atoms with Crippen molar-refractivity contribution in [2.75, 3.05) is 24.6 Å². The summed E-state index contributed by atoms with van der Waals surface area (Å²) in [5, 5.41) is 6.08. The number of carbonyl (C=O) groups excluding carboxylic acids is 1. The molecule has 2 fully saturated rings. The molecule has 1 atom stereocenters. The van der Waals surface area contributed by atoms with Gasteiger partial charge in [-0.05, 0) is 25.2 Å². The van der Waals surface area contributed by atoms with E-state index in [9.17, 15) is 13.2 Å². The van der Waals surface area contributed by atoms with Crippen molar-refractivity contribution in [3.8, 4) is 0 Å². The Balaban J connectivity index is 1.56. The van der Waals surface area contributed by atoms with E-state index in [1.165, 1.54) is 12.8 Å². The molecule has 1 aliphatic carbocycles. The summed E-state index contributed by atoms with van der Waals surface area (Å²) >= 11 is 0. The zero-order valence-electron chi connectivity index (χ0n) is 9.94. The molecule has 17 heavy (non-hydrogen) atoms. The SMILES string of the molecule is O=C(CCNC1CC1)NCC1CCS(=O)(=O)C1. The van der Waals surface area contributed by atoms with E-state index in [2.05, 4.69) is 10.6 Å². The van der Waals surface area contributed by atoms with Crippen molar-refractivity contribution in [1.29, 1.82) is 0 Å². The second kappa shape index (κ2) is 5.35. The molecular weight excluding hydrogens is 240 g/mol. The van der Waals surface area contributed by atoms with Gasteiger partial charge in [-0.25, -0.2) is 8.42 Å². The molecule has 98 valence electrons. The van der Waals surface area contributed by atoms with Crippen LogP contribution in [0.1, 0.15) is 25.7 Å². The van der Waals surface area contributed by atoms with Crippen LogP contribution in [0.4, 0.5) is 0 Å². The molecule has 6 heteroatoms. The summed E-state index contributed by atoms with van der Waals surface area (Å²) in [6, 6.07) is 0.628. The quantitative estimate of drug-likeness (QED) is 0.686. The van der Waals surface area contributed by atoms with Gasteiger partial charge in [0, 0.05) is 25.6 Å². The minimum absolute atomic E-state index is 0.0162. The number of nitrogens with one attached hydrogen (secondary N) is 2. The molecule has 0 bridgehead atoms. The molecule has 0 aromatic heterocycles. The summed E-state index contributed by atoms with van der Waals surface area (Å²) in [5.41, 5.74) is 0. The molecule has 1 aliphatic heterocycles. The summed E-state index contributed by atoms with van der Waals surface area (Å²) in [7, 11) is -2.83. The van der Waals surface area contributed by atoms with E-state index >= 15 is 0 Å². The van der Waals surface area contributed by atoms with Gasteiger partial charge in [-0.2, -0.15) is 0 Å². The lowest BCUT2D eigenvalue weighted by molar-refractivity contribution is -0.121. The van der Waals surface area contributed by atoms with Crippen LogP contribution in [0.15, 0.2) is 0 Å². The van der Waals surface area contributed by atoms with Crippen LogP contribution >= 0.6 is 0 Å². The molecule has 0 radical (unpaired) electrons. The molecular formula is C11H20N2O3S. The van der Waals surface area contributed by atoms with Gasteiger partial charge in [0.2, 0.25) is 5.91 Å². The predicted molar refractivity (Wildman–Crippen MR) is 65.4 cm³/mol. The maximum Gasteiger partial charge on any atom is 0.221 e. The Morgan fingerprint density at radius 2 is 2.00 bits per heavy atom. The van der Waals surface area contributed by atoms with Crippen molar-refractivity contribution in [1.82, 2.24) is 10.6 Å². The minimum Gasteiger partial charge on any atom is -0.356 e. The van der Waals surface area contributed by atoms with Crippen LogP contribution in [0.2, 0.25) is 0 Å². The lowest BCUT2D eigenvalue weighted by Gasteiger charge is -2.09. The number of rotatable bonds is 6. The second-order valence-corrected chi connectivity index (χ2v) is 7.28. The molecule has 1 saturated heterocycles. The Morgan fingerprint density at radius 1 is 1.24 bits per heavy atom. The molecule has 1 unspecified atom stereocenters. The third kappa shape index (κ3) is 4.63. The van der Waals surface area contributed by atoms with Gasteiger partial charge in [0.25, 0.3) is 0 Å². The third-order valence-corrected chi connectivity index (χ3v) is 5.11. The summed E-state index contributed by atoms with van der Waals surface area (Å²) in [6.07, 6.45) is 3.61. The minimum atomic E-state index is -2.83. The maximum absolute atomic E-state index is 11.5. The highest BCUT2D eigenvalue weighted by Gasteiger charge is 2.27.